The minimum absolute atomic E-state index is 0.0734. The normalized spacial score (nSPS) is 10.8. The second-order valence-electron chi connectivity index (χ2n) is 6.74. The fraction of sp³-hybridized carbons (Fsp3) is 0.409. The highest BCUT2D eigenvalue weighted by molar-refractivity contribution is 5.90. The molecule has 2 aromatic rings. The molecular formula is C22H29NO. The smallest absolute Gasteiger partial charge is 0.224 e. The zero-order chi connectivity index (χ0) is 17.4. The molecule has 0 aliphatic carbocycles. The molecule has 0 fully saturated rings. The summed E-state index contributed by atoms with van der Waals surface area (Å²) >= 11 is 0. The second kappa shape index (κ2) is 9.27. The summed E-state index contributed by atoms with van der Waals surface area (Å²) in [7, 11) is 0. The van der Waals surface area contributed by atoms with Crippen LogP contribution in [0, 0.1) is 0 Å². The molecule has 2 nitrogen and oxygen atoms in total. The predicted octanol–water partition coefficient (Wildman–Crippen LogP) is 5.72. The Labute approximate surface area is 146 Å². The predicted molar refractivity (Wildman–Crippen MR) is 103 cm³/mol. The van der Waals surface area contributed by atoms with Gasteiger partial charge in [-0.15, -0.1) is 0 Å². The van der Waals surface area contributed by atoms with Gasteiger partial charge in [0, 0.05) is 12.1 Å². The first-order valence-electron chi connectivity index (χ1n) is 9.06. The summed E-state index contributed by atoms with van der Waals surface area (Å²) in [6, 6.07) is 16.8. The average Bonchev–Trinajstić information content (AvgIpc) is 2.59. The maximum Gasteiger partial charge on any atom is 0.224 e. The number of aryl methyl sites for hydroxylation is 2. The van der Waals surface area contributed by atoms with Gasteiger partial charge in [0.05, 0.1) is 0 Å². The fourth-order valence-corrected chi connectivity index (χ4v) is 2.69. The third kappa shape index (κ3) is 5.84. The standard InChI is InChI=1S/C22H29NO/c1-4-5-6-18-9-14-21(15-10-18)23-22(24)16-11-19-7-12-20(13-8-19)17(2)3/h7-10,12-15,17H,4-6,11,16H2,1-3H3,(H,23,24). The highest BCUT2D eigenvalue weighted by atomic mass is 16.1. The van der Waals surface area contributed by atoms with Crippen LogP contribution in [0.4, 0.5) is 5.69 Å². The van der Waals surface area contributed by atoms with Crippen LogP contribution in [0.15, 0.2) is 48.5 Å². The Bertz CT molecular complexity index is 626. The lowest BCUT2D eigenvalue weighted by molar-refractivity contribution is -0.116. The number of hydrogen-bond acceptors (Lipinski definition) is 1. The number of amides is 1. The molecule has 0 unspecified atom stereocenters. The minimum Gasteiger partial charge on any atom is -0.326 e. The van der Waals surface area contributed by atoms with E-state index in [1.807, 2.05) is 12.1 Å². The van der Waals surface area contributed by atoms with E-state index >= 15 is 0 Å². The maximum atomic E-state index is 12.1. The van der Waals surface area contributed by atoms with Crippen molar-refractivity contribution in [3.8, 4) is 0 Å². The summed E-state index contributed by atoms with van der Waals surface area (Å²) in [5.41, 5.74) is 4.77. The van der Waals surface area contributed by atoms with E-state index in [0.29, 0.717) is 12.3 Å². The van der Waals surface area contributed by atoms with E-state index in [0.717, 1.165) is 18.5 Å². The zero-order valence-corrected chi connectivity index (χ0v) is 15.1. The molecule has 0 radical (unpaired) electrons. The van der Waals surface area contributed by atoms with Crippen LogP contribution >= 0.6 is 0 Å². The fourth-order valence-electron chi connectivity index (χ4n) is 2.69. The lowest BCUT2D eigenvalue weighted by atomic mass is 10.0. The molecule has 0 saturated carbocycles. The average molecular weight is 323 g/mol. The molecule has 0 spiro atoms. The highest BCUT2D eigenvalue weighted by Crippen LogP contribution is 2.16. The van der Waals surface area contributed by atoms with Gasteiger partial charge in [0.25, 0.3) is 0 Å². The molecule has 0 aliphatic rings. The van der Waals surface area contributed by atoms with Gasteiger partial charge >= 0.3 is 0 Å². The number of rotatable bonds is 8. The Morgan fingerprint density at radius 3 is 2.08 bits per heavy atom. The van der Waals surface area contributed by atoms with Crippen molar-refractivity contribution >= 4 is 11.6 Å². The van der Waals surface area contributed by atoms with E-state index in [1.54, 1.807) is 0 Å². The quantitative estimate of drug-likeness (QED) is 0.661. The molecule has 2 rings (SSSR count). The Kier molecular flexibility index (Phi) is 7.05. The molecule has 0 bridgehead atoms. The summed E-state index contributed by atoms with van der Waals surface area (Å²) in [5, 5.41) is 2.99. The van der Waals surface area contributed by atoms with Gasteiger partial charge in [-0.1, -0.05) is 63.6 Å². The zero-order valence-electron chi connectivity index (χ0n) is 15.1. The van der Waals surface area contributed by atoms with Crippen molar-refractivity contribution in [1.82, 2.24) is 0 Å². The number of benzene rings is 2. The monoisotopic (exact) mass is 323 g/mol. The Morgan fingerprint density at radius 2 is 1.50 bits per heavy atom. The Balaban J connectivity index is 1.80. The van der Waals surface area contributed by atoms with Gasteiger partial charge in [-0.05, 0) is 54.0 Å². The number of carbonyl (C=O) groups is 1. The van der Waals surface area contributed by atoms with Crippen LogP contribution in [0.2, 0.25) is 0 Å². The van der Waals surface area contributed by atoms with Crippen molar-refractivity contribution in [2.45, 2.75) is 58.8 Å². The van der Waals surface area contributed by atoms with Gasteiger partial charge in [0.1, 0.15) is 0 Å². The number of nitrogens with one attached hydrogen (secondary N) is 1. The summed E-state index contributed by atoms with van der Waals surface area (Å²) in [5.74, 6) is 0.617. The van der Waals surface area contributed by atoms with Gasteiger partial charge in [-0.25, -0.2) is 0 Å². The van der Waals surface area contributed by atoms with Crippen LogP contribution < -0.4 is 5.32 Å². The van der Waals surface area contributed by atoms with Crippen LogP contribution in [0.25, 0.3) is 0 Å². The molecule has 0 aromatic heterocycles. The Hall–Kier alpha value is -2.09. The molecule has 0 atom stereocenters. The van der Waals surface area contributed by atoms with E-state index < -0.39 is 0 Å². The first-order chi connectivity index (χ1) is 11.6. The molecule has 0 heterocycles. The van der Waals surface area contributed by atoms with E-state index in [2.05, 4.69) is 62.5 Å². The van der Waals surface area contributed by atoms with E-state index in [9.17, 15) is 4.79 Å². The SMILES string of the molecule is CCCCc1ccc(NC(=O)CCc2ccc(C(C)C)cc2)cc1. The molecule has 24 heavy (non-hydrogen) atoms. The first-order valence-corrected chi connectivity index (χ1v) is 9.06. The molecule has 0 saturated heterocycles. The van der Waals surface area contributed by atoms with Crippen molar-refractivity contribution < 1.29 is 4.79 Å². The number of anilines is 1. The summed E-state index contributed by atoms with van der Waals surface area (Å²) in [6.07, 6.45) is 4.81. The minimum atomic E-state index is 0.0734. The second-order valence-corrected chi connectivity index (χ2v) is 6.74. The lowest BCUT2D eigenvalue weighted by Gasteiger charge is -2.08. The van der Waals surface area contributed by atoms with Crippen molar-refractivity contribution in [2.75, 3.05) is 5.32 Å². The van der Waals surface area contributed by atoms with Crippen molar-refractivity contribution in [3.05, 3.63) is 65.2 Å². The van der Waals surface area contributed by atoms with Gasteiger partial charge in [0.2, 0.25) is 5.91 Å². The van der Waals surface area contributed by atoms with Crippen LogP contribution in [0.1, 0.15) is 62.6 Å². The van der Waals surface area contributed by atoms with E-state index in [4.69, 9.17) is 0 Å². The highest BCUT2D eigenvalue weighted by Gasteiger charge is 2.04. The summed E-state index contributed by atoms with van der Waals surface area (Å²) < 4.78 is 0. The number of hydrogen-bond donors (Lipinski definition) is 1. The largest absolute Gasteiger partial charge is 0.326 e. The molecule has 2 aromatic carbocycles. The third-order valence-electron chi connectivity index (χ3n) is 4.34. The van der Waals surface area contributed by atoms with Crippen LogP contribution in [0.3, 0.4) is 0 Å². The third-order valence-corrected chi connectivity index (χ3v) is 4.34. The topological polar surface area (TPSA) is 29.1 Å². The molecular weight excluding hydrogens is 294 g/mol. The molecule has 1 N–H and O–H groups in total. The van der Waals surface area contributed by atoms with Crippen LogP contribution in [0.5, 0.6) is 0 Å². The van der Waals surface area contributed by atoms with Crippen molar-refractivity contribution in [3.63, 3.8) is 0 Å². The van der Waals surface area contributed by atoms with Crippen molar-refractivity contribution in [2.24, 2.45) is 0 Å². The molecule has 0 aliphatic heterocycles. The van der Waals surface area contributed by atoms with Crippen LogP contribution in [-0.2, 0) is 17.6 Å². The first kappa shape index (κ1) is 18.3. The van der Waals surface area contributed by atoms with E-state index in [-0.39, 0.29) is 5.91 Å². The summed E-state index contributed by atoms with van der Waals surface area (Å²) in [6.45, 7) is 6.58. The van der Waals surface area contributed by atoms with E-state index in [1.165, 1.54) is 29.5 Å². The van der Waals surface area contributed by atoms with Crippen molar-refractivity contribution in [1.29, 1.82) is 0 Å². The Morgan fingerprint density at radius 1 is 0.917 bits per heavy atom. The maximum absolute atomic E-state index is 12.1. The summed E-state index contributed by atoms with van der Waals surface area (Å²) in [4.78, 5) is 12.1. The molecule has 128 valence electrons. The van der Waals surface area contributed by atoms with Gasteiger partial charge < -0.3 is 5.32 Å². The number of unbranched alkanes of at least 4 members (excludes halogenated alkanes) is 1. The van der Waals surface area contributed by atoms with Gasteiger partial charge in [0.15, 0.2) is 0 Å². The van der Waals surface area contributed by atoms with Gasteiger partial charge in [-0.2, -0.15) is 0 Å². The van der Waals surface area contributed by atoms with Crippen LogP contribution in [-0.4, -0.2) is 5.91 Å². The molecule has 1 amide bonds. The van der Waals surface area contributed by atoms with Gasteiger partial charge in [-0.3, -0.25) is 4.79 Å². The lowest BCUT2D eigenvalue weighted by Crippen LogP contribution is -2.12. The molecule has 2 heteroatoms. The number of carbonyl (C=O) groups excluding carboxylic acids is 1.